The topological polar surface area (TPSA) is 81.7 Å². The third kappa shape index (κ3) is 4.10. The van der Waals surface area contributed by atoms with Gasteiger partial charge >= 0.3 is 12.0 Å². The van der Waals surface area contributed by atoms with Crippen LogP contribution in [0.3, 0.4) is 0 Å². The van der Waals surface area contributed by atoms with Crippen molar-refractivity contribution in [3.63, 3.8) is 0 Å². The van der Waals surface area contributed by atoms with Gasteiger partial charge in [0.25, 0.3) is 0 Å². The quantitative estimate of drug-likeness (QED) is 0.689. The minimum atomic E-state index is -1.20. The van der Waals surface area contributed by atoms with Crippen molar-refractivity contribution >= 4 is 12.0 Å². The summed E-state index contributed by atoms with van der Waals surface area (Å²) < 4.78 is 0. The minimum absolute atomic E-state index is 0.200. The molecule has 1 rings (SSSR count). The largest absolute Gasteiger partial charge is 0.480 e. The molecule has 0 aliphatic carbocycles. The van der Waals surface area contributed by atoms with E-state index in [0.29, 0.717) is 13.0 Å². The monoisotopic (exact) mass is 285 g/mol. The van der Waals surface area contributed by atoms with E-state index in [-0.39, 0.29) is 12.1 Å². The Hall–Kier alpha value is -1.30. The number of nitrogens with zero attached hydrogens (tertiary/aromatic N) is 1. The number of carboxylic acids is 1. The second kappa shape index (κ2) is 7.47. The van der Waals surface area contributed by atoms with Crippen molar-refractivity contribution in [3.05, 3.63) is 0 Å². The number of nitrogens with one attached hydrogen (secondary N) is 2. The fourth-order valence-electron chi connectivity index (χ4n) is 2.41. The number of carboxylic acid groups (broad SMARTS) is 1. The van der Waals surface area contributed by atoms with E-state index in [9.17, 15) is 14.7 Å². The molecule has 0 aromatic rings. The zero-order valence-corrected chi connectivity index (χ0v) is 12.7. The van der Waals surface area contributed by atoms with Crippen LogP contribution in [0.25, 0.3) is 0 Å². The summed E-state index contributed by atoms with van der Waals surface area (Å²) >= 11 is 0. The number of amides is 2. The molecule has 116 valence electrons. The number of carbonyl (C=O) groups is 2. The molecule has 20 heavy (non-hydrogen) atoms. The smallest absolute Gasteiger partial charge is 0.329 e. The minimum Gasteiger partial charge on any atom is -0.480 e. The van der Waals surface area contributed by atoms with Crippen LogP contribution in [0.5, 0.6) is 0 Å². The molecule has 1 saturated heterocycles. The van der Waals surface area contributed by atoms with Gasteiger partial charge < -0.3 is 20.6 Å². The Balaban J connectivity index is 2.75. The van der Waals surface area contributed by atoms with Crippen LogP contribution in [0.4, 0.5) is 4.79 Å². The van der Waals surface area contributed by atoms with Crippen molar-refractivity contribution in [2.45, 2.75) is 58.0 Å². The van der Waals surface area contributed by atoms with E-state index in [1.54, 1.807) is 18.7 Å². The molecule has 0 radical (unpaired) electrons. The van der Waals surface area contributed by atoms with E-state index in [1.165, 1.54) is 0 Å². The zero-order valence-electron chi connectivity index (χ0n) is 12.7. The maximum atomic E-state index is 12.4. The molecule has 1 heterocycles. The van der Waals surface area contributed by atoms with Gasteiger partial charge in [0.1, 0.15) is 5.54 Å². The van der Waals surface area contributed by atoms with Crippen molar-refractivity contribution in [1.82, 2.24) is 15.5 Å². The van der Waals surface area contributed by atoms with E-state index in [1.807, 2.05) is 6.92 Å². The van der Waals surface area contributed by atoms with Gasteiger partial charge in [0, 0.05) is 12.6 Å². The number of hydrogen-bond acceptors (Lipinski definition) is 3. The molecule has 1 atom stereocenters. The van der Waals surface area contributed by atoms with Crippen LogP contribution in [-0.4, -0.2) is 53.2 Å². The number of piperidine rings is 1. The molecule has 6 heteroatoms. The predicted octanol–water partition coefficient (Wildman–Crippen LogP) is 1.41. The second-order valence-corrected chi connectivity index (χ2v) is 5.60. The first-order chi connectivity index (χ1) is 9.44. The van der Waals surface area contributed by atoms with Gasteiger partial charge in [-0.25, -0.2) is 9.59 Å². The van der Waals surface area contributed by atoms with Gasteiger partial charge in [-0.1, -0.05) is 13.8 Å². The molecule has 0 aromatic carbocycles. The Morgan fingerprint density at radius 1 is 1.35 bits per heavy atom. The highest BCUT2D eigenvalue weighted by Crippen LogP contribution is 2.15. The molecule has 1 fully saturated rings. The standard InChI is InChI=1S/C14H27N3O3/c1-4-10-17(11-6-8-15-9-7-11)13(20)16-14(3,5-2)12(18)19/h11,15H,4-10H2,1-3H3,(H,16,20)(H,18,19). The fourth-order valence-corrected chi connectivity index (χ4v) is 2.41. The van der Waals surface area contributed by atoms with Gasteiger partial charge in [-0.15, -0.1) is 0 Å². The van der Waals surface area contributed by atoms with Crippen molar-refractivity contribution in [2.24, 2.45) is 0 Å². The summed E-state index contributed by atoms with van der Waals surface area (Å²) in [5, 5.41) is 15.2. The van der Waals surface area contributed by atoms with Gasteiger partial charge in [-0.05, 0) is 45.7 Å². The van der Waals surface area contributed by atoms with Crippen LogP contribution in [0.2, 0.25) is 0 Å². The first kappa shape index (κ1) is 16.8. The first-order valence-electron chi connectivity index (χ1n) is 7.47. The van der Waals surface area contributed by atoms with Gasteiger partial charge in [0.05, 0.1) is 0 Å². The number of carbonyl (C=O) groups excluding carboxylic acids is 1. The predicted molar refractivity (Wildman–Crippen MR) is 77.8 cm³/mol. The highest BCUT2D eigenvalue weighted by atomic mass is 16.4. The Morgan fingerprint density at radius 2 is 1.95 bits per heavy atom. The fraction of sp³-hybridized carbons (Fsp3) is 0.857. The van der Waals surface area contributed by atoms with Crippen molar-refractivity contribution < 1.29 is 14.7 Å². The highest BCUT2D eigenvalue weighted by Gasteiger charge is 2.35. The molecular weight excluding hydrogens is 258 g/mol. The average molecular weight is 285 g/mol. The summed E-state index contributed by atoms with van der Waals surface area (Å²) in [6.45, 7) is 7.82. The molecule has 0 aromatic heterocycles. The lowest BCUT2D eigenvalue weighted by Crippen LogP contribution is -2.58. The van der Waals surface area contributed by atoms with Gasteiger partial charge in [0.2, 0.25) is 0 Å². The Labute approximate surface area is 120 Å². The molecule has 0 bridgehead atoms. The number of urea groups is 1. The molecule has 1 unspecified atom stereocenters. The summed E-state index contributed by atoms with van der Waals surface area (Å²) in [7, 11) is 0. The molecule has 2 amide bonds. The van der Waals surface area contributed by atoms with E-state index in [0.717, 1.165) is 32.4 Å². The second-order valence-electron chi connectivity index (χ2n) is 5.60. The van der Waals surface area contributed by atoms with Crippen LogP contribution in [0, 0.1) is 0 Å². The third-order valence-electron chi connectivity index (χ3n) is 4.04. The normalized spacial score (nSPS) is 19.1. The number of aliphatic carboxylic acids is 1. The van der Waals surface area contributed by atoms with Crippen molar-refractivity contribution in [1.29, 1.82) is 0 Å². The average Bonchev–Trinajstić information content (AvgIpc) is 2.45. The Bertz CT molecular complexity index is 343. The van der Waals surface area contributed by atoms with Crippen molar-refractivity contribution in [3.8, 4) is 0 Å². The maximum Gasteiger partial charge on any atom is 0.329 e. The SMILES string of the molecule is CCCN(C(=O)NC(C)(CC)C(=O)O)C1CCNCC1. The number of rotatable bonds is 6. The summed E-state index contributed by atoms with van der Waals surface area (Å²) in [6.07, 6.45) is 3.07. The number of hydrogen-bond donors (Lipinski definition) is 3. The highest BCUT2D eigenvalue weighted by molar-refractivity contribution is 5.86. The molecule has 1 aliphatic heterocycles. The van der Waals surface area contributed by atoms with Crippen LogP contribution >= 0.6 is 0 Å². The van der Waals surface area contributed by atoms with Crippen LogP contribution in [0.15, 0.2) is 0 Å². The van der Waals surface area contributed by atoms with Crippen LogP contribution < -0.4 is 10.6 Å². The molecule has 6 nitrogen and oxygen atoms in total. The summed E-state index contributed by atoms with van der Waals surface area (Å²) in [5.41, 5.74) is -1.20. The van der Waals surface area contributed by atoms with Gasteiger partial charge in [-0.2, -0.15) is 0 Å². The summed E-state index contributed by atoms with van der Waals surface area (Å²) in [5.74, 6) is -0.991. The zero-order chi connectivity index (χ0) is 15.2. The molecule has 0 saturated carbocycles. The van der Waals surface area contributed by atoms with E-state index in [2.05, 4.69) is 10.6 Å². The molecular formula is C14H27N3O3. The summed E-state index contributed by atoms with van der Waals surface area (Å²) in [4.78, 5) is 25.5. The lowest BCUT2D eigenvalue weighted by molar-refractivity contribution is -0.143. The van der Waals surface area contributed by atoms with Crippen molar-refractivity contribution in [2.75, 3.05) is 19.6 Å². The molecule has 3 N–H and O–H groups in total. The third-order valence-corrected chi connectivity index (χ3v) is 4.04. The lowest BCUT2D eigenvalue weighted by Gasteiger charge is -2.37. The van der Waals surface area contributed by atoms with E-state index < -0.39 is 11.5 Å². The maximum absolute atomic E-state index is 12.4. The van der Waals surface area contributed by atoms with E-state index >= 15 is 0 Å². The molecule has 1 aliphatic rings. The molecule has 0 spiro atoms. The Morgan fingerprint density at radius 3 is 2.40 bits per heavy atom. The van der Waals surface area contributed by atoms with Gasteiger partial charge in [0.15, 0.2) is 0 Å². The Kier molecular flexibility index (Phi) is 6.26. The lowest BCUT2D eigenvalue weighted by atomic mass is 9.99. The first-order valence-corrected chi connectivity index (χ1v) is 7.47. The summed E-state index contributed by atoms with van der Waals surface area (Å²) in [6, 6.07) is -0.0587. The van der Waals surface area contributed by atoms with Crippen LogP contribution in [0.1, 0.15) is 46.5 Å². The van der Waals surface area contributed by atoms with E-state index in [4.69, 9.17) is 0 Å². The van der Waals surface area contributed by atoms with Gasteiger partial charge in [-0.3, -0.25) is 0 Å². The van der Waals surface area contributed by atoms with Crippen LogP contribution in [-0.2, 0) is 4.79 Å².